The first-order valence-electron chi connectivity index (χ1n) is 9.11. The van der Waals surface area contributed by atoms with Crippen LogP contribution in [-0.4, -0.2) is 69.0 Å². The quantitative estimate of drug-likeness (QED) is 0.668. The summed E-state index contributed by atoms with van der Waals surface area (Å²) < 4.78 is 7.04. The summed E-state index contributed by atoms with van der Waals surface area (Å²) in [4.78, 5) is 13.1. The zero-order valence-electron chi connectivity index (χ0n) is 15.9. The number of aromatic nitrogens is 6. The Morgan fingerprint density at radius 2 is 1.85 bits per heavy atom. The molecule has 3 aromatic heterocycles. The molecule has 0 aliphatic carbocycles. The SMILES string of the molecule is COc1ccc2nnc(C3CCN(Cc4cnc(N(C)C)nc4)CC3)n2n1. The van der Waals surface area contributed by atoms with Crippen molar-refractivity contribution < 1.29 is 4.74 Å². The molecular weight excluding hydrogens is 344 g/mol. The highest BCUT2D eigenvalue weighted by Crippen LogP contribution is 2.27. The highest BCUT2D eigenvalue weighted by Gasteiger charge is 2.25. The van der Waals surface area contributed by atoms with Crippen LogP contribution >= 0.6 is 0 Å². The fourth-order valence-electron chi connectivity index (χ4n) is 3.42. The highest BCUT2D eigenvalue weighted by atomic mass is 16.5. The van der Waals surface area contributed by atoms with Crippen molar-refractivity contribution in [1.82, 2.24) is 34.7 Å². The van der Waals surface area contributed by atoms with Gasteiger partial charge in [-0.3, -0.25) is 4.90 Å². The topological polar surface area (TPSA) is 84.6 Å². The second-order valence-electron chi connectivity index (χ2n) is 7.04. The van der Waals surface area contributed by atoms with Crippen molar-refractivity contribution in [1.29, 1.82) is 0 Å². The number of fused-ring (bicyclic) bond motifs is 1. The molecule has 4 rings (SSSR count). The van der Waals surface area contributed by atoms with Crippen molar-refractivity contribution in [3.05, 3.63) is 35.9 Å². The maximum absolute atomic E-state index is 5.23. The smallest absolute Gasteiger partial charge is 0.231 e. The molecule has 9 nitrogen and oxygen atoms in total. The minimum Gasteiger partial charge on any atom is -0.480 e. The summed E-state index contributed by atoms with van der Waals surface area (Å²) in [6.45, 7) is 2.87. The Bertz CT molecular complexity index is 899. The summed E-state index contributed by atoms with van der Waals surface area (Å²) >= 11 is 0. The highest BCUT2D eigenvalue weighted by molar-refractivity contribution is 5.38. The van der Waals surface area contributed by atoms with E-state index in [9.17, 15) is 0 Å². The Morgan fingerprint density at radius 3 is 2.52 bits per heavy atom. The van der Waals surface area contributed by atoms with Gasteiger partial charge in [-0.05, 0) is 32.0 Å². The van der Waals surface area contributed by atoms with E-state index in [1.165, 1.54) is 0 Å². The minimum atomic E-state index is 0.350. The van der Waals surface area contributed by atoms with Crippen molar-refractivity contribution in [2.45, 2.75) is 25.3 Å². The molecular formula is C18H24N8O. The van der Waals surface area contributed by atoms with E-state index in [0.717, 1.165) is 55.5 Å². The van der Waals surface area contributed by atoms with Crippen molar-refractivity contribution >= 4 is 11.6 Å². The molecule has 0 amide bonds. The van der Waals surface area contributed by atoms with Crippen LogP contribution in [0.25, 0.3) is 5.65 Å². The first kappa shape index (κ1) is 17.6. The third-order valence-corrected chi connectivity index (χ3v) is 4.92. The lowest BCUT2D eigenvalue weighted by Crippen LogP contribution is -2.33. The van der Waals surface area contributed by atoms with Crippen molar-refractivity contribution in [2.24, 2.45) is 0 Å². The molecule has 1 aliphatic rings. The maximum Gasteiger partial charge on any atom is 0.231 e. The van der Waals surface area contributed by atoms with Gasteiger partial charge in [-0.15, -0.1) is 15.3 Å². The molecule has 3 aromatic rings. The predicted octanol–water partition coefficient (Wildman–Crippen LogP) is 1.37. The van der Waals surface area contributed by atoms with Gasteiger partial charge in [0.05, 0.1) is 7.11 Å². The van der Waals surface area contributed by atoms with Gasteiger partial charge in [0.15, 0.2) is 11.5 Å². The second-order valence-corrected chi connectivity index (χ2v) is 7.04. The maximum atomic E-state index is 5.23. The standard InChI is InChI=1S/C18H24N8O/c1-24(2)18-19-10-13(11-20-18)12-25-8-6-14(7-9-25)17-22-21-15-4-5-16(27-3)23-26(15)17/h4-5,10-11,14H,6-9,12H2,1-3H3. The normalized spacial score (nSPS) is 16.0. The van der Waals surface area contributed by atoms with Crippen LogP contribution in [0.2, 0.25) is 0 Å². The average Bonchev–Trinajstić information content (AvgIpc) is 3.12. The molecule has 4 heterocycles. The van der Waals surface area contributed by atoms with Crippen molar-refractivity contribution in [2.75, 3.05) is 39.2 Å². The van der Waals surface area contributed by atoms with E-state index in [1.807, 2.05) is 42.0 Å². The Kier molecular flexibility index (Phi) is 4.85. The molecule has 1 aliphatic heterocycles. The van der Waals surface area contributed by atoms with Crippen LogP contribution in [0.4, 0.5) is 5.95 Å². The lowest BCUT2D eigenvalue weighted by Gasteiger charge is -2.30. The van der Waals surface area contributed by atoms with Gasteiger partial charge in [0.1, 0.15) is 0 Å². The van der Waals surface area contributed by atoms with Crippen LogP contribution < -0.4 is 9.64 Å². The number of piperidine rings is 1. The van der Waals surface area contributed by atoms with E-state index in [1.54, 1.807) is 13.2 Å². The van der Waals surface area contributed by atoms with Crippen LogP contribution in [0, 0.1) is 0 Å². The van der Waals surface area contributed by atoms with E-state index < -0.39 is 0 Å². The molecule has 142 valence electrons. The van der Waals surface area contributed by atoms with E-state index in [2.05, 4.69) is 30.2 Å². The summed E-state index contributed by atoms with van der Waals surface area (Å²) in [6, 6.07) is 3.69. The molecule has 1 fully saturated rings. The summed E-state index contributed by atoms with van der Waals surface area (Å²) in [5.41, 5.74) is 1.89. The molecule has 0 radical (unpaired) electrons. The van der Waals surface area contributed by atoms with Crippen molar-refractivity contribution in [3.8, 4) is 5.88 Å². The summed E-state index contributed by atoms with van der Waals surface area (Å²) in [5, 5.41) is 13.1. The molecule has 0 spiro atoms. The first-order chi connectivity index (χ1) is 13.1. The Labute approximate surface area is 158 Å². The lowest BCUT2D eigenvalue weighted by molar-refractivity contribution is 0.200. The van der Waals surface area contributed by atoms with Gasteiger partial charge in [0, 0.05) is 50.6 Å². The Morgan fingerprint density at radius 1 is 1.11 bits per heavy atom. The molecule has 0 saturated carbocycles. The van der Waals surface area contributed by atoms with Gasteiger partial charge in [-0.1, -0.05) is 0 Å². The number of anilines is 1. The number of rotatable bonds is 5. The molecule has 0 atom stereocenters. The fraction of sp³-hybridized carbons (Fsp3) is 0.500. The van der Waals surface area contributed by atoms with Crippen LogP contribution in [0.5, 0.6) is 5.88 Å². The largest absolute Gasteiger partial charge is 0.480 e. The average molecular weight is 368 g/mol. The molecule has 0 N–H and O–H groups in total. The second kappa shape index (κ2) is 7.43. The van der Waals surface area contributed by atoms with Crippen LogP contribution in [0.3, 0.4) is 0 Å². The number of ether oxygens (including phenoxy) is 1. The minimum absolute atomic E-state index is 0.350. The van der Waals surface area contributed by atoms with E-state index in [4.69, 9.17) is 4.74 Å². The van der Waals surface area contributed by atoms with Crippen LogP contribution in [0.1, 0.15) is 30.1 Å². The van der Waals surface area contributed by atoms with Crippen molar-refractivity contribution in [3.63, 3.8) is 0 Å². The summed E-state index contributed by atoms with van der Waals surface area (Å²) in [5.74, 6) is 2.58. The van der Waals surface area contributed by atoms with Gasteiger partial charge in [0.2, 0.25) is 11.8 Å². The molecule has 1 saturated heterocycles. The Balaban J connectivity index is 1.40. The van der Waals surface area contributed by atoms with Gasteiger partial charge < -0.3 is 9.64 Å². The third-order valence-electron chi connectivity index (χ3n) is 4.92. The van der Waals surface area contributed by atoms with Gasteiger partial charge in [-0.2, -0.15) is 4.52 Å². The monoisotopic (exact) mass is 368 g/mol. The summed E-state index contributed by atoms with van der Waals surface area (Å²) in [6.07, 6.45) is 5.87. The lowest BCUT2D eigenvalue weighted by atomic mass is 9.96. The number of methoxy groups -OCH3 is 1. The van der Waals surface area contributed by atoms with E-state index in [0.29, 0.717) is 11.8 Å². The number of hydrogen-bond acceptors (Lipinski definition) is 8. The predicted molar refractivity (Wildman–Crippen MR) is 101 cm³/mol. The molecule has 9 heteroatoms. The number of nitrogens with zero attached hydrogens (tertiary/aromatic N) is 8. The number of hydrogen-bond donors (Lipinski definition) is 0. The number of likely N-dealkylation sites (tertiary alicyclic amines) is 1. The fourth-order valence-corrected chi connectivity index (χ4v) is 3.42. The molecule has 0 aromatic carbocycles. The van der Waals surface area contributed by atoms with Gasteiger partial charge in [-0.25, -0.2) is 9.97 Å². The van der Waals surface area contributed by atoms with Crippen LogP contribution in [-0.2, 0) is 6.54 Å². The van der Waals surface area contributed by atoms with E-state index >= 15 is 0 Å². The Hall–Kier alpha value is -2.81. The van der Waals surface area contributed by atoms with E-state index in [-0.39, 0.29) is 0 Å². The third kappa shape index (κ3) is 3.68. The summed E-state index contributed by atoms with van der Waals surface area (Å²) in [7, 11) is 5.50. The zero-order chi connectivity index (χ0) is 18.8. The van der Waals surface area contributed by atoms with Gasteiger partial charge >= 0.3 is 0 Å². The van der Waals surface area contributed by atoms with Crippen LogP contribution in [0.15, 0.2) is 24.5 Å². The van der Waals surface area contributed by atoms with Gasteiger partial charge in [0.25, 0.3) is 0 Å². The molecule has 0 bridgehead atoms. The molecule has 0 unspecified atom stereocenters. The first-order valence-corrected chi connectivity index (χ1v) is 9.11. The molecule has 27 heavy (non-hydrogen) atoms. The zero-order valence-corrected chi connectivity index (χ0v) is 15.9.